The fourth-order valence-electron chi connectivity index (χ4n) is 3.70. The summed E-state index contributed by atoms with van der Waals surface area (Å²) in [5.41, 5.74) is 0.866. The van der Waals surface area contributed by atoms with Crippen LogP contribution in [0.1, 0.15) is 38.7 Å². The molecule has 1 aliphatic heterocycles. The first kappa shape index (κ1) is 18.0. The highest BCUT2D eigenvalue weighted by Gasteiger charge is 2.49. The summed E-state index contributed by atoms with van der Waals surface area (Å²) in [7, 11) is 0. The van der Waals surface area contributed by atoms with Crippen LogP contribution >= 0.6 is 0 Å². The van der Waals surface area contributed by atoms with Crippen molar-refractivity contribution in [3.63, 3.8) is 0 Å². The number of aliphatic hydroxyl groups excluding tert-OH is 2. The number of esters is 1. The molecule has 1 unspecified atom stereocenters. The molecular formula is C22H18O6. The van der Waals surface area contributed by atoms with Gasteiger partial charge in [0.1, 0.15) is 17.6 Å². The zero-order valence-electron chi connectivity index (χ0n) is 14.7. The summed E-state index contributed by atoms with van der Waals surface area (Å²) >= 11 is 0. The Bertz CT molecular complexity index is 978. The highest BCUT2D eigenvalue weighted by Crippen LogP contribution is 2.48. The number of carbonyl (C=O) groups excluding carboxylic acids is 1. The average Bonchev–Trinajstić information content (AvgIpc) is 3.02. The van der Waals surface area contributed by atoms with Gasteiger partial charge in [-0.1, -0.05) is 42.5 Å². The van der Waals surface area contributed by atoms with Crippen LogP contribution in [-0.4, -0.2) is 33.0 Å². The van der Waals surface area contributed by atoms with Gasteiger partial charge in [0.05, 0.1) is 12.2 Å². The molecule has 6 nitrogen and oxygen atoms in total. The molecule has 0 saturated carbocycles. The predicted molar refractivity (Wildman–Crippen MR) is 100.0 cm³/mol. The van der Waals surface area contributed by atoms with E-state index in [0.29, 0.717) is 16.7 Å². The van der Waals surface area contributed by atoms with Gasteiger partial charge in [0, 0.05) is 16.7 Å². The van der Waals surface area contributed by atoms with Crippen LogP contribution in [0.3, 0.4) is 0 Å². The highest BCUT2D eigenvalue weighted by molar-refractivity contribution is 5.98. The van der Waals surface area contributed by atoms with Gasteiger partial charge >= 0.3 is 5.97 Å². The fraction of sp³-hybridized carbons (Fsp3) is 0.136. The lowest BCUT2D eigenvalue weighted by Crippen LogP contribution is -2.29. The van der Waals surface area contributed by atoms with E-state index in [0.717, 1.165) is 0 Å². The number of cyclic esters (lactones) is 1. The Labute approximate surface area is 160 Å². The lowest BCUT2D eigenvalue weighted by Gasteiger charge is -2.30. The average molecular weight is 378 g/mol. The summed E-state index contributed by atoms with van der Waals surface area (Å²) in [6.45, 7) is -0.533. The zero-order chi connectivity index (χ0) is 19.9. The second-order valence-electron chi connectivity index (χ2n) is 6.63. The number of hydrogen-bond donors (Lipinski definition) is 4. The maximum absolute atomic E-state index is 12.9. The van der Waals surface area contributed by atoms with Crippen molar-refractivity contribution in [2.75, 3.05) is 6.61 Å². The zero-order valence-corrected chi connectivity index (χ0v) is 14.7. The molecule has 4 rings (SSSR count). The van der Waals surface area contributed by atoms with Gasteiger partial charge < -0.3 is 25.2 Å². The molecule has 0 aromatic heterocycles. The SMILES string of the molecule is O=C1OC(c2ccc(O)cc2)(c2ccc(O)cc2)c2cccc(C(O)CO)c21. The van der Waals surface area contributed by atoms with Crippen molar-refractivity contribution in [1.29, 1.82) is 0 Å². The summed E-state index contributed by atoms with van der Waals surface area (Å²) in [6, 6.07) is 17.6. The van der Waals surface area contributed by atoms with Crippen LogP contribution < -0.4 is 0 Å². The number of hydrogen-bond acceptors (Lipinski definition) is 6. The van der Waals surface area contributed by atoms with E-state index in [1.54, 1.807) is 42.5 Å². The van der Waals surface area contributed by atoms with Crippen LogP contribution in [-0.2, 0) is 10.3 Å². The molecule has 0 amide bonds. The molecule has 3 aromatic rings. The number of phenols is 2. The third-order valence-electron chi connectivity index (χ3n) is 5.01. The van der Waals surface area contributed by atoms with Gasteiger partial charge in [-0.15, -0.1) is 0 Å². The summed E-state index contributed by atoms with van der Waals surface area (Å²) in [5, 5.41) is 38.9. The van der Waals surface area contributed by atoms with Crippen LogP contribution in [0, 0.1) is 0 Å². The molecule has 0 aliphatic carbocycles. The minimum absolute atomic E-state index is 0.0682. The van der Waals surface area contributed by atoms with Gasteiger partial charge in [0.25, 0.3) is 0 Å². The molecule has 1 aliphatic rings. The van der Waals surface area contributed by atoms with Crippen molar-refractivity contribution >= 4 is 5.97 Å². The molecular weight excluding hydrogens is 360 g/mol. The standard InChI is InChI=1S/C22H18O6/c23-12-19(26)17-2-1-3-18-20(17)21(27)28-22(18,13-4-8-15(24)9-5-13)14-6-10-16(25)11-7-14/h1-11,19,23-26H,12H2. The Hall–Kier alpha value is -3.35. The summed E-state index contributed by atoms with van der Waals surface area (Å²) in [6.07, 6.45) is -1.22. The smallest absolute Gasteiger partial charge is 0.340 e. The number of rotatable bonds is 4. The van der Waals surface area contributed by atoms with Gasteiger partial charge in [0.15, 0.2) is 5.60 Å². The molecule has 0 radical (unpaired) electrons. The van der Waals surface area contributed by atoms with Crippen LogP contribution in [0.2, 0.25) is 0 Å². The molecule has 28 heavy (non-hydrogen) atoms. The van der Waals surface area contributed by atoms with E-state index in [9.17, 15) is 25.2 Å². The number of carbonyl (C=O) groups is 1. The first-order valence-corrected chi connectivity index (χ1v) is 8.72. The summed E-state index contributed by atoms with van der Waals surface area (Å²) < 4.78 is 5.91. The quantitative estimate of drug-likeness (QED) is 0.520. The second kappa shape index (κ2) is 6.67. The van der Waals surface area contributed by atoms with E-state index in [4.69, 9.17) is 4.74 Å². The van der Waals surface area contributed by atoms with E-state index in [1.807, 2.05) is 0 Å². The van der Waals surface area contributed by atoms with E-state index in [2.05, 4.69) is 0 Å². The van der Waals surface area contributed by atoms with Gasteiger partial charge in [-0.25, -0.2) is 4.79 Å². The first-order valence-electron chi connectivity index (χ1n) is 8.72. The Kier molecular flexibility index (Phi) is 4.30. The van der Waals surface area contributed by atoms with Gasteiger partial charge in [-0.05, 0) is 29.8 Å². The Morgan fingerprint density at radius 1 is 0.857 bits per heavy atom. The highest BCUT2D eigenvalue weighted by atomic mass is 16.6. The van der Waals surface area contributed by atoms with Crippen LogP contribution in [0.5, 0.6) is 11.5 Å². The maximum atomic E-state index is 12.9. The topological polar surface area (TPSA) is 107 Å². The second-order valence-corrected chi connectivity index (χ2v) is 6.63. The molecule has 3 aromatic carbocycles. The number of aromatic hydroxyl groups is 2. The molecule has 0 fully saturated rings. The third kappa shape index (κ3) is 2.62. The normalized spacial score (nSPS) is 15.7. The van der Waals surface area contributed by atoms with Gasteiger partial charge in [-0.2, -0.15) is 0 Å². The predicted octanol–water partition coefficient (Wildman–Crippen LogP) is 2.59. The lowest BCUT2D eigenvalue weighted by atomic mass is 9.79. The lowest BCUT2D eigenvalue weighted by molar-refractivity contribution is 0.0247. The number of aliphatic hydroxyl groups is 2. The molecule has 0 spiro atoms. The minimum Gasteiger partial charge on any atom is -0.508 e. The van der Waals surface area contributed by atoms with Crippen molar-refractivity contribution < 1.29 is 30.0 Å². The molecule has 0 bridgehead atoms. The van der Waals surface area contributed by atoms with Crippen LogP contribution in [0.15, 0.2) is 66.7 Å². The molecule has 0 saturated heterocycles. The largest absolute Gasteiger partial charge is 0.508 e. The summed E-state index contributed by atoms with van der Waals surface area (Å²) in [4.78, 5) is 12.9. The van der Waals surface area contributed by atoms with Crippen molar-refractivity contribution in [3.05, 3.63) is 94.5 Å². The summed E-state index contributed by atoms with van der Waals surface area (Å²) in [5.74, 6) is -0.489. The van der Waals surface area contributed by atoms with Crippen LogP contribution in [0.25, 0.3) is 0 Å². The van der Waals surface area contributed by atoms with E-state index >= 15 is 0 Å². The monoisotopic (exact) mass is 378 g/mol. The van der Waals surface area contributed by atoms with Crippen molar-refractivity contribution in [3.8, 4) is 11.5 Å². The van der Waals surface area contributed by atoms with Crippen molar-refractivity contribution in [2.24, 2.45) is 0 Å². The Morgan fingerprint density at radius 3 is 1.89 bits per heavy atom. The number of phenolic OH excluding ortho intramolecular Hbond substituents is 2. The number of ether oxygens (including phenoxy) is 1. The van der Waals surface area contributed by atoms with E-state index < -0.39 is 24.3 Å². The maximum Gasteiger partial charge on any atom is 0.340 e. The molecule has 6 heteroatoms. The fourth-order valence-corrected chi connectivity index (χ4v) is 3.70. The number of fused-ring (bicyclic) bond motifs is 1. The van der Waals surface area contributed by atoms with Gasteiger partial charge in [0.2, 0.25) is 0 Å². The molecule has 1 atom stereocenters. The van der Waals surface area contributed by atoms with Crippen LogP contribution in [0.4, 0.5) is 0 Å². The van der Waals surface area contributed by atoms with E-state index in [-0.39, 0.29) is 22.6 Å². The molecule has 142 valence electrons. The van der Waals surface area contributed by atoms with E-state index in [1.165, 1.54) is 24.3 Å². The van der Waals surface area contributed by atoms with Gasteiger partial charge in [-0.3, -0.25) is 0 Å². The minimum atomic E-state index is -1.32. The first-order chi connectivity index (χ1) is 13.5. The Morgan fingerprint density at radius 2 is 1.39 bits per heavy atom. The van der Waals surface area contributed by atoms with Crippen molar-refractivity contribution in [2.45, 2.75) is 11.7 Å². The number of benzene rings is 3. The Balaban J connectivity index is 2.03. The van der Waals surface area contributed by atoms with Crippen molar-refractivity contribution in [1.82, 2.24) is 0 Å². The molecule has 1 heterocycles. The third-order valence-corrected chi connectivity index (χ3v) is 5.01. The molecule has 4 N–H and O–H groups in total.